The van der Waals surface area contributed by atoms with E-state index in [1.807, 2.05) is 30.3 Å². The maximum Gasteiger partial charge on any atom is 0.255 e. The maximum absolute atomic E-state index is 13.3. The molecule has 3 nitrogen and oxygen atoms in total. The van der Waals surface area contributed by atoms with Crippen molar-refractivity contribution < 1.29 is 13.6 Å². The molecule has 0 fully saturated rings. The van der Waals surface area contributed by atoms with Gasteiger partial charge in [-0.3, -0.25) is 4.79 Å². The van der Waals surface area contributed by atoms with E-state index in [4.69, 9.17) is 0 Å². The molecule has 1 unspecified atom stereocenters. The Hall–Kier alpha value is -3.52. The van der Waals surface area contributed by atoms with Gasteiger partial charge in [0.25, 0.3) is 5.91 Å². The summed E-state index contributed by atoms with van der Waals surface area (Å²) in [5, 5.41) is 9.76. The molecule has 0 aliphatic carbocycles. The molecule has 0 aliphatic heterocycles. The second-order valence-corrected chi connectivity index (χ2v) is 6.32. The van der Waals surface area contributed by atoms with E-state index in [-0.39, 0.29) is 18.0 Å². The van der Waals surface area contributed by atoms with E-state index in [9.17, 15) is 18.8 Å². The summed E-state index contributed by atoms with van der Waals surface area (Å²) in [4.78, 5) is 14.5. The molecule has 3 aromatic carbocycles. The lowest BCUT2D eigenvalue weighted by atomic mass is 10.0. The van der Waals surface area contributed by atoms with E-state index >= 15 is 0 Å². The van der Waals surface area contributed by atoms with Crippen LogP contribution in [0.3, 0.4) is 0 Å². The fourth-order valence-corrected chi connectivity index (χ4v) is 2.97. The minimum atomic E-state index is -0.887. The largest absolute Gasteiger partial charge is 0.318 e. The van der Waals surface area contributed by atoms with Crippen molar-refractivity contribution in [1.29, 1.82) is 5.26 Å². The minimum absolute atomic E-state index is 0.288. The van der Waals surface area contributed by atoms with E-state index in [2.05, 4.69) is 6.07 Å². The molecule has 0 spiro atoms. The Balaban J connectivity index is 1.92. The van der Waals surface area contributed by atoms with Crippen molar-refractivity contribution in [3.8, 4) is 6.07 Å². The molecular weight excluding hydrogens is 358 g/mol. The monoisotopic (exact) mass is 376 g/mol. The van der Waals surface area contributed by atoms with Crippen LogP contribution in [-0.2, 0) is 6.42 Å². The summed E-state index contributed by atoms with van der Waals surface area (Å²) in [6.45, 7) is 0.288. The second-order valence-electron chi connectivity index (χ2n) is 6.32. The average Bonchev–Trinajstić information content (AvgIpc) is 2.73. The maximum atomic E-state index is 13.3. The first kappa shape index (κ1) is 19.2. The summed E-state index contributed by atoms with van der Waals surface area (Å²) >= 11 is 0. The summed E-state index contributed by atoms with van der Waals surface area (Å²) in [7, 11) is 0. The molecule has 1 amide bonds. The Bertz CT molecular complexity index is 964. The molecular formula is C23H18F2N2O. The smallest absolute Gasteiger partial charge is 0.255 e. The third-order valence-corrected chi connectivity index (χ3v) is 4.46. The molecule has 0 radical (unpaired) electrons. The fraction of sp³-hybridized carbons (Fsp3) is 0.130. The molecule has 0 aromatic heterocycles. The number of benzene rings is 3. The fourth-order valence-electron chi connectivity index (χ4n) is 2.97. The van der Waals surface area contributed by atoms with Crippen LogP contribution in [0.1, 0.15) is 27.5 Å². The van der Waals surface area contributed by atoms with Gasteiger partial charge >= 0.3 is 0 Å². The van der Waals surface area contributed by atoms with Crippen LogP contribution < -0.4 is 0 Å². The van der Waals surface area contributed by atoms with Gasteiger partial charge in [-0.15, -0.1) is 0 Å². The highest BCUT2D eigenvalue weighted by molar-refractivity contribution is 5.94. The normalized spacial score (nSPS) is 11.5. The van der Waals surface area contributed by atoms with Crippen LogP contribution in [0.2, 0.25) is 0 Å². The molecule has 1 atom stereocenters. The zero-order valence-corrected chi connectivity index (χ0v) is 15.1. The number of nitriles is 1. The predicted octanol–water partition coefficient (Wildman–Crippen LogP) is 4.91. The van der Waals surface area contributed by atoms with E-state index in [0.29, 0.717) is 12.0 Å². The number of hydrogen-bond donors (Lipinski definition) is 0. The molecule has 140 valence electrons. The zero-order valence-electron chi connectivity index (χ0n) is 15.1. The molecule has 0 saturated carbocycles. The summed E-state index contributed by atoms with van der Waals surface area (Å²) in [6, 6.07) is 21.6. The zero-order chi connectivity index (χ0) is 19.9. The first-order valence-corrected chi connectivity index (χ1v) is 8.84. The van der Waals surface area contributed by atoms with Crippen molar-refractivity contribution in [2.75, 3.05) is 6.54 Å². The van der Waals surface area contributed by atoms with Gasteiger partial charge in [0.1, 0.15) is 17.7 Å². The van der Waals surface area contributed by atoms with Crippen molar-refractivity contribution in [1.82, 2.24) is 4.90 Å². The Kier molecular flexibility index (Phi) is 6.13. The molecule has 0 heterocycles. The lowest BCUT2D eigenvalue weighted by molar-refractivity contribution is 0.0718. The van der Waals surface area contributed by atoms with Gasteiger partial charge < -0.3 is 4.90 Å². The highest BCUT2D eigenvalue weighted by Gasteiger charge is 2.26. The molecule has 3 rings (SSSR count). The number of carbonyl (C=O) groups excluding carboxylic acids is 1. The molecule has 0 aliphatic rings. The Morgan fingerprint density at radius 2 is 1.46 bits per heavy atom. The third-order valence-electron chi connectivity index (χ3n) is 4.46. The number of nitrogens with zero attached hydrogens (tertiary/aromatic N) is 2. The van der Waals surface area contributed by atoms with E-state index in [1.165, 1.54) is 53.4 Å². The Morgan fingerprint density at radius 3 is 2.04 bits per heavy atom. The number of halogens is 2. The van der Waals surface area contributed by atoms with E-state index in [0.717, 1.165) is 5.56 Å². The minimum Gasteiger partial charge on any atom is -0.318 e. The summed E-state index contributed by atoms with van der Waals surface area (Å²) in [5.41, 5.74) is 1.83. The first-order chi connectivity index (χ1) is 13.6. The van der Waals surface area contributed by atoms with Gasteiger partial charge in [0.05, 0.1) is 6.07 Å². The predicted molar refractivity (Wildman–Crippen MR) is 102 cm³/mol. The average molecular weight is 376 g/mol. The lowest BCUT2D eigenvalue weighted by Gasteiger charge is -2.28. The summed E-state index contributed by atoms with van der Waals surface area (Å²) in [5.74, 6) is -1.24. The van der Waals surface area contributed by atoms with Crippen LogP contribution in [0.4, 0.5) is 8.78 Å². The van der Waals surface area contributed by atoms with Crippen LogP contribution in [0.25, 0.3) is 0 Å². The van der Waals surface area contributed by atoms with Gasteiger partial charge in [-0.25, -0.2) is 8.78 Å². The van der Waals surface area contributed by atoms with Crippen LogP contribution in [-0.4, -0.2) is 17.4 Å². The van der Waals surface area contributed by atoms with Gasteiger partial charge in [0.15, 0.2) is 0 Å². The molecule has 3 aromatic rings. The van der Waals surface area contributed by atoms with Crippen molar-refractivity contribution in [2.24, 2.45) is 0 Å². The molecule has 0 bridgehead atoms. The van der Waals surface area contributed by atoms with Crippen LogP contribution >= 0.6 is 0 Å². The van der Waals surface area contributed by atoms with Gasteiger partial charge in [-0.2, -0.15) is 5.26 Å². The van der Waals surface area contributed by atoms with E-state index in [1.54, 1.807) is 0 Å². The van der Waals surface area contributed by atoms with Crippen molar-refractivity contribution >= 4 is 5.91 Å². The standard InChI is InChI=1S/C23H18F2N2O/c24-20-10-6-18(7-11-20)22(16-26)27(15-14-17-4-2-1-3-5-17)23(28)19-8-12-21(25)13-9-19/h1-13,22H,14-15H2. The first-order valence-electron chi connectivity index (χ1n) is 8.84. The van der Waals surface area contributed by atoms with Crippen LogP contribution in [0.5, 0.6) is 0 Å². The highest BCUT2D eigenvalue weighted by atomic mass is 19.1. The SMILES string of the molecule is N#CC(c1ccc(F)cc1)N(CCc1ccccc1)C(=O)c1ccc(F)cc1. The third kappa shape index (κ3) is 4.60. The number of rotatable bonds is 6. The lowest BCUT2D eigenvalue weighted by Crippen LogP contribution is -2.36. The highest BCUT2D eigenvalue weighted by Crippen LogP contribution is 2.23. The Morgan fingerprint density at radius 1 is 0.893 bits per heavy atom. The summed E-state index contributed by atoms with van der Waals surface area (Å²) < 4.78 is 26.5. The van der Waals surface area contributed by atoms with Crippen LogP contribution in [0.15, 0.2) is 78.9 Å². The topological polar surface area (TPSA) is 44.1 Å². The Labute approximate surface area is 162 Å². The van der Waals surface area contributed by atoms with Crippen molar-refractivity contribution in [3.05, 3.63) is 107 Å². The van der Waals surface area contributed by atoms with Gasteiger partial charge in [0, 0.05) is 12.1 Å². The number of carbonyl (C=O) groups is 1. The molecule has 0 saturated heterocycles. The molecule has 5 heteroatoms. The summed E-state index contributed by atoms with van der Waals surface area (Å²) in [6.07, 6.45) is 0.549. The van der Waals surface area contributed by atoms with Gasteiger partial charge in [-0.05, 0) is 53.9 Å². The quantitative estimate of drug-likeness (QED) is 0.613. The van der Waals surface area contributed by atoms with Crippen molar-refractivity contribution in [2.45, 2.75) is 12.5 Å². The number of hydrogen-bond acceptors (Lipinski definition) is 2. The van der Waals surface area contributed by atoms with Gasteiger partial charge in [-0.1, -0.05) is 42.5 Å². The van der Waals surface area contributed by atoms with E-state index < -0.39 is 17.7 Å². The molecule has 0 N–H and O–H groups in total. The molecule has 28 heavy (non-hydrogen) atoms. The van der Waals surface area contributed by atoms with Crippen LogP contribution in [0, 0.1) is 23.0 Å². The van der Waals surface area contributed by atoms with Gasteiger partial charge in [0.2, 0.25) is 0 Å². The number of amides is 1. The van der Waals surface area contributed by atoms with Crippen molar-refractivity contribution in [3.63, 3.8) is 0 Å². The second kappa shape index (κ2) is 8.92.